The molecule has 1 N–H and O–H groups in total. The van der Waals surface area contributed by atoms with Gasteiger partial charge in [0.1, 0.15) is 5.56 Å². The first-order chi connectivity index (χ1) is 10.6. The quantitative estimate of drug-likeness (QED) is 0.941. The van der Waals surface area contributed by atoms with Crippen LogP contribution in [0.15, 0.2) is 41.2 Å². The van der Waals surface area contributed by atoms with Gasteiger partial charge in [0.05, 0.1) is 5.69 Å². The number of carboxylic acid groups (broad SMARTS) is 1. The molecule has 1 fully saturated rings. The summed E-state index contributed by atoms with van der Waals surface area (Å²) in [5.41, 5.74) is 2.37. The van der Waals surface area contributed by atoms with E-state index in [0.29, 0.717) is 0 Å². The van der Waals surface area contributed by atoms with Gasteiger partial charge < -0.3 is 9.67 Å². The van der Waals surface area contributed by atoms with Gasteiger partial charge in [-0.3, -0.25) is 4.79 Å². The van der Waals surface area contributed by atoms with Crippen molar-refractivity contribution in [1.29, 1.82) is 0 Å². The fourth-order valence-electron chi connectivity index (χ4n) is 3.20. The fraction of sp³-hybridized carbons (Fsp3) is 0.333. The molecule has 0 amide bonds. The molecular weight excluding hydrogens is 278 g/mol. The number of carboxylic acids is 1. The molecule has 1 aliphatic carbocycles. The summed E-state index contributed by atoms with van der Waals surface area (Å²) in [5.74, 6) is -1.16. The molecule has 1 aliphatic rings. The first-order valence-corrected chi connectivity index (χ1v) is 7.64. The zero-order chi connectivity index (χ0) is 15.7. The third kappa shape index (κ3) is 2.56. The van der Waals surface area contributed by atoms with Gasteiger partial charge >= 0.3 is 5.97 Å². The predicted molar refractivity (Wildman–Crippen MR) is 85.3 cm³/mol. The highest BCUT2D eigenvalue weighted by molar-refractivity contribution is 5.87. The first kappa shape index (κ1) is 14.6. The van der Waals surface area contributed by atoms with Gasteiger partial charge in [-0.05, 0) is 37.5 Å². The van der Waals surface area contributed by atoms with Gasteiger partial charge in [-0.25, -0.2) is 4.79 Å². The van der Waals surface area contributed by atoms with Gasteiger partial charge in [-0.15, -0.1) is 0 Å². The Labute approximate surface area is 129 Å². The Morgan fingerprint density at radius 2 is 1.73 bits per heavy atom. The fourth-order valence-corrected chi connectivity index (χ4v) is 3.20. The number of aromatic nitrogens is 1. The molecule has 4 heteroatoms. The lowest BCUT2D eigenvalue weighted by Gasteiger charge is -2.20. The second-order valence-corrected chi connectivity index (χ2v) is 5.92. The van der Waals surface area contributed by atoms with E-state index < -0.39 is 11.5 Å². The third-order valence-electron chi connectivity index (χ3n) is 4.38. The molecule has 3 rings (SSSR count). The lowest BCUT2D eigenvalue weighted by molar-refractivity contribution is 0.0694. The van der Waals surface area contributed by atoms with E-state index >= 15 is 0 Å². The summed E-state index contributed by atoms with van der Waals surface area (Å²) in [5, 5.41) is 9.22. The van der Waals surface area contributed by atoms with Crippen LogP contribution < -0.4 is 5.56 Å². The van der Waals surface area contributed by atoms with E-state index in [0.717, 1.165) is 42.5 Å². The summed E-state index contributed by atoms with van der Waals surface area (Å²) < 4.78 is 1.70. The Morgan fingerprint density at radius 1 is 1.09 bits per heavy atom. The number of nitrogens with zero attached hydrogens (tertiary/aromatic N) is 1. The second kappa shape index (κ2) is 5.79. The molecule has 1 aromatic heterocycles. The van der Waals surface area contributed by atoms with Crippen molar-refractivity contribution in [3.8, 4) is 11.3 Å². The molecular formula is C18H19NO3. The molecule has 0 aliphatic heterocycles. The van der Waals surface area contributed by atoms with Gasteiger partial charge in [-0.1, -0.05) is 42.7 Å². The lowest BCUT2D eigenvalue weighted by atomic mass is 10.1. The van der Waals surface area contributed by atoms with Crippen molar-refractivity contribution in [2.75, 3.05) is 0 Å². The number of aryl methyl sites for hydroxylation is 1. The van der Waals surface area contributed by atoms with Crippen LogP contribution in [0.25, 0.3) is 11.3 Å². The van der Waals surface area contributed by atoms with Crippen molar-refractivity contribution in [2.24, 2.45) is 0 Å². The molecule has 22 heavy (non-hydrogen) atoms. The minimum Gasteiger partial charge on any atom is -0.477 e. The van der Waals surface area contributed by atoms with Crippen molar-refractivity contribution in [3.63, 3.8) is 0 Å². The van der Waals surface area contributed by atoms with E-state index in [1.54, 1.807) is 10.6 Å². The van der Waals surface area contributed by atoms with Gasteiger partial charge in [-0.2, -0.15) is 0 Å². The molecule has 1 saturated carbocycles. The number of carbonyl (C=O) groups is 1. The summed E-state index contributed by atoms with van der Waals surface area (Å²) in [6.45, 7) is 2.02. The van der Waals surface area contributed by atoms with E-state index in [2.05, 4.69) is 0 Å². The van der Waals surface area contributed by atoms with Crippen LogP contribution in [0.1, 0.15) is 47.6 Å². The van der Waals surface area contributed by atoms with Crippen LogP contribution in [0, 0.1) is 6.92 Å². The van der Waals surface area contributed by atoms with Crippen molar-refractivity contribution < 1.29 is 9.90 Å². The number of hydrogen-bond donors (Lipinski definition) is 1. The van der Waals surface area contributed by atoms with Crippen LogP contribution in [-0.2, 0) is 0 Å². The minimum atomic E-state index is -1.16. The molecule has 0 radical (unpaired) electrons. The molecule has 0 atom stereocenters. The molecule has 0 unspecified atom stereocenters. The molecule has 2 aromatic rings. The average molecular weight is 297 g/mol. The molecule has 1 aromatic carbocycles. The van der Waals surface area contributed by atoms with Crippen LogP contribution in [0.2, 0.25) is 0 Å². The van der Waals surface area contributed by atoms with Crippen molar-refractivity contribution in [1.82, 2.24) is 4.57 Å². The molecule has 4 nitrogen and oxygen atoms in total. The monoisotopic (exact) mass is 297 g/mol. The maximum absolute atomic E-state index is 12.6. The number of aromatic carboxylic acids is 1. The normalized spacial score (nSPS) is 15.1. The topological polar surface area (TPSA) is 59.3 Å². The lowest BCUT2D eigenvalue weighted by Crippen LogP contribution is -2.29. The molecule has 1 heterocycles. The maximum atomic E-state index is 12.6. The van der Waals surface area contributed by atoms with E-state index in [1.165, 1.54) is 6.07 Å². The summed E-state index contributed by atoms with van der Waals surface area (Å²) >= 11 is 0. The van der Waals surface area contributed by atoms with Crippen LogP contribution in [0.4, 0.5) is 0 Å². The summed E-state index contributed by atoms with van der Waals surface area (Å²) in [6.07, 6.45) is 4.03. The Bertz CT molecular complexity index is 753. The Hall–Kier alpha value is -2.36. The van der Waals surface area contributed by atoms with E-state index in [-0.39, 0.29) is 11.6 Å². The molecule has 114 valence electrons. The number of hydrogen-bond acceptors (Lipinski definition) is 2. The smallest absolute Gasteiger partial charge is 0.341 e. The number of benzene rings is 1. The van der Waals surface area contributed by atoms with Crippen molar-refractivity contribution in [2.45, 2.75) is 38.6 Å². The zero-order valence-corrected chi connectivity index (χ0v) is 12.6. The first-order valence-electron chi connectivity index (χ1n) is 7.64. The number of pyridine rings is 1. The third-order valence-corrected chi connectivity index (χ3v) is 4.38. The second-order valence-electron chi connectivity index (χ2n) is 5.92. The van der Waals surface area contributed by atoms with Crippen LogP contribution >= 0.6 is 0 Å². The van der Waals surface area contributed by atoms with Gasteiger partial charge in [0.25, 0.3) is 5.56 Å². The average Bonchev–Trinajstić information content (AvgIpc) is 3.01. The summed E-state index contributed by atoms with van der Waals surface area (Å²) in [7, 11) is 0. The highest BCUT2D eigenvalue weighted by atomic mass is 16.4. The highest BCUT2D eigenvalue weighted by Gasteiger charge is 2.23. The van der Waals surface area contributed by atoms with Gasteiger partial charge in [0, 0.05) is 6.04 Å². The van der Waals surface area contributed by atoms with Crippen molar-refractivity contribution >= 4 is 5.97 Å². The Kier molecular flexibility index (Phi) is 3.84. The van der Waals surface area contributed by atoms with E-state index in [4.69, 9.17) is 0 Å². The van der Waals surface area contributed by atoms with E-state index in [9.17, 15) is 14.7 Å². The van der Waals surface area contributed by atoms with Gasteiger partial charge in [0.15, 0.2) is 0 Å². The molecule has 0 saturated heterocycles. The van der Waals surface area contributed by atoms with Crippen molar-refractivity contribution in [3.05, 3.63) is 57.9 Å². The number of rotatable bonds is 3. The Balaban J connectivity index is 2.20. The SMILES string of the molecule is Cc1ccc(-c2ccc(C(=O)O)c(=O)n2C2CCCC2)cc1. The van der Waals surface area contributed by atoms with Crippen LogP contribution in [0.3, 0.4) is 0 Å². The molecule has 0 bridgehead atoms. The maximum Gasteiger partial charge on any atom is 0.341 e. The van der Waals surface area contributed by atoms with Crippen LogP contribution in [-0.4, -0.2) is 15.6 Å². The van der Waals surface area contributed by atoms with E-state index in [1.807, 2.05) is 31.2 Å². The zero-order valence-electron chi connectivity index (χ0n) is 12.6. The van der Waals surface area contributed by atoms with Crippen LogP contribution in [0.5, 0.6) is 0 Å². The summed E-state index contributed by atoms with van der Waals surface area (Å²) in [4.78, 5) is 23.9. The van der Waals surface area contributed by atoms with Gasteiger partial charge in [0.2, 0.25) is 0 Å². The molecule has 0 spiro atoms. The Morgan fingerprint density at radius 3 is 2.32 bits per heavy atom. The standard InChI is InChI=1S/C18H19NO3/c1-12-6-8-13(9-7-12)16-11-10-15(18(21)22)17(20)19(16)14-4-2-3-5-14/h6-11,14H,2-5H2,1H3,(H,21,22). The highest BCUT2D eigenvalue weighted by Crippen LogP contribution is 2.32. The summed E-state index contributed by atoms with van der Waals surface area (Å²) in [6, 6.07) is 11.3. The largest absolute Gasteiger partial charge is 0.477 e. The predicted octanol–water partition coefficient (Wildman–Crippen LogP) is 3.64. The minimum absolute atomic E-state index is 0.100.